The summed E-state index contributed by atoms with van der Waals surface area (Å²) in [6.45, 7) is 5.84. The van der Waals surface area contributed by atoms with Gasteiger partial charge in [-0.3, -0.25) is 14.5 Å². The molecular weight excluding hydrogens is 510 g/mol. The maximum atomic E-state index is 12.8. The predicted molar refractivity (Wildman–Crippen MR) is 156 cm³/mol. The van der Waals surface area contributed by atoms with Crippen molar-refractivity contribution in [3.8, 4) is 5.75 Å². The van der Waals surface area contributed by atoms with Crippen LogP contribution in [-0.2, 0) is 16.0 Å². The summed E-state index contributed by atoms with van der Waals surface area (Å²) < 4.78 is 5.29. The van der Waals surface area contributed by atoms with Crippen LogP contribution < -0.4 is 20.3 Å². The molecule has 0 saturated carbocycles. The molecular formula is C30H35N5O3S. The van der Waals surface area contributed by atoms with Crippen LogP contribution in [0.4, 0.5) is 5.69 Å². The molecule has 2 aromatic heterocycles. The van der Waals surface area contributed by atoms with Crippen molar-refractivity contribution in [3.63, 3.8) is 0 Å². The average molecular weight is 546 g/mol. The molecule has 39 heavy (non-hydrogen) atoms. The summed E-state index contributed by atoms with van der Waals surface area (Å²) in [6, 6.07) is 20.1. The first-order valence-corrected chi connectivity index (χ1v) is 14.2. The van der Waals surface area contributed by atoms with E-state index in [4.69, 9.17) is 4.74 Å². The Kier molecular flexibility index (Phi) is 8.48. The number of anilines is 1. The van der Waals surface area contributed by atoms with E-state index in [9.17, 15) is 9.59 Å². The lowest BCUT2D eigenvalue weighted by Gasteiger charge is -2.42. The van der Waals surface area contributed by atoms with Gasteiger partial charge < -0.3 is 25.3 Å². The average Bonchev–Trinajstić information content (AvgIpc) is 3.64. The van der Waals surface area contributed by atoms with Gasteiger partial charge in [-0.1, -0.05) is 24.3 Å². The number of amides is 2. The van der Waals surface area contributed by atoms with E-state index in [0.717, 1.165) is 48.4 Å². The molecule has 2 atom stereocenters. The molecule has 1 saturated heterocycles. The Balaban J connectivity index is 1.16. The van der Waals surface area contributed by atoms with E-state index in [2.05, 4.69) is 55.1 Å². The van der Waals surface area contributed by atoms with Gasteiger partial charge in [0.05, 0.1) is 13.2 Å². The minimum Gasteiger partial charge on any atom is -0.497 e. The molecule has 2 amide bonds. The van der Waals surface area contributed by atoms with Crippen LogP contribution in [0.3, 0.4) is 0 Å². The Morgan fingerprint density at radius 3 is 2.49 bits per heavy atom. The van der Waals surface area contributed by atoms with Crippen molar-refractivity contribution < 1.29 is 14.3 Å². The third kappa shape index (κ3) is 6.26. The van der Waals surface area contributed by atoms with Crippen LogP contribution in [0.2, 0.25) is 0 Å². The number of aromatic amines is 1. The number of thiophene rings is 1. The molecule has 1 aliphatic rings. The minimum atomic E-state index is -0.601. The van der Waals surface area contributed by atoms with E-state index < -0.39 is 11.8 Å². The molecule has 0 radical (unpaired) electrons. The molecule has 0 unspecified atom stereocenters. The van der Waals surface area contributed by atoms with Crippen molar-refractivity contribution in [1.29, 1.82) is 0 Å². The fraction of sp³-hybridized carbons (Fsp3) is 0.333. The second-order valence-corrected chi connectivity index (χ2v) is 10.8. The largest absolute Gasteiger partial charge is 0.497 e. The minimum absolute atomic E-state index is 0.00834. The van der Waals surface area contributed by atoms with Crippen LogP contribution in [-0.4, -0.2) is 67.6 Å². The zero-order valence-electron chi connectivity index (χ0n) is 22.4. The molecule has 3 heterocycles. The number of piperazine rings is 1. The summed E-state index contributed by atoms with van der Waals surface area (Å²) in [4.78, 5) is 34.7. The quantitative estimate of drug-likeness (QED) is 0.277. The second-order valence-electron chi connectivity index (χ2n) is 9.81. The Hall–Kier alpha value is -3.82. The van der Waals surface area contributed by atoms with E-state index in [-0.39, 0.29) is 12.1 Å². The van der Waals surface area contributed by atoms with Crippen molar-refractivity contribution in [2.75, 3.05) is 44.7 Å². The predicted octanol–water partition coefficient (Wildman–Crippen LogP) is 3.96. The summed E-state index contributed by atoms with van der Waals surface area (Å²) in [7, 11) is 1.67. The zero-order valence-corrected chi connectivity index (χ0v) is 23.2. The van der Waals surface area contributed by atoms with Gasteiger partial charge >= 0.3 is 11.8 Å². The van der Waals surface area contributed by atoms with E-state index in [0.29, 0.717) is 13.0 Å². The van der Waals surface area contributed by atoms with E-state index in [1.54, 1.807) is 18.4 Å². The molecule has 3 N–H and O–H groups in total. The van der Waals surface area contributed by atoms with Gasteiger partial charge in [-0.2, -0.15) is 0 Å². The summed E-state index contributed by atoms with van der Waals surface area (Å²) in [5.74, 6) is -0.350. The maximum absolute atomic E-state index is 12.8. The maximum Gasteiger partial charge on any atom is 0.309 e. The highest BCUT2D eigenvalue weighted by molar-refractivity contribution is 7.10. The van der Waals surface area contributed by atoms with Crippen molar-refractivity contribution >= 4 is 39.7 Å². The molecule has 9 heteroatoms. The van der Waals surface area contributed by atoms with Gasteiger partial charge in [-0.15, -0.1) is 11.3 Å². The van der Waals surface area contributed by atoms with Crippen molar-refractivity contribution in [3.05, 3.63) is 82.7 Å². The number of fused-ring (bicyclic) bond motifs is 1. The lowest BCUT2D eigenvalue weighted by molar-refractivity contribution is -0.139. The Labute approximate surface area is 233 Å². The van der Waals surface area contributed by atoms with Crippen LogP contribution in [0.25, 0.3) is 10.9 Å². The first-order chi connectivity index (χ1) is 19.0. The van der Waals surface area contributed by atoms with Gasteiger partial charge in [0.1, 0.15) is 5.75 Å². The molecule has 1 fully saturated rings. The van der Waals surface area contributed by atoms with Crippen molar-refractivity contribution in [2.45, 2.75) is 25.4 Å². The van der Waals surface area contributed by atoms with Crippen molar-refractivity contribution in [2.24, 2.45) is 0 Å². The van der Waals surface area contributed by atoms with Crippen molar-refractivity contribution in [1.82, 2.24) is 20.5 Å². The van der Waals surface area contributed by atoms with Crippen LogP contribution >= 0.6 is 11.3 Å². The number of methoxy groups -OCH3 is 1. The fourth-order valence-corrected chi connectivity index (χ4v) is 6.30. The third-order valence-corrected chi connectivity index (χ3v) is 8.32. The van der Waals surface area contributed by atoms with Crippen LogP contribution in [0.1, 0.15) is 23.4 Å². The molecule has 0 spiro atoms. The number of aromatic nitrogens is 1. The highest BCUT2D eigenvalue weighted by Crippen LogP contribution is 2.30. The van der Waals surface area contributed by atoms with Gasteiger partial charge in [-0.05, 0) is 60.7 Å². The highest BCUT2D eigenvalue weighted by atomic mass is 32.1. The topological polar surface area (TPSA) is 89.7 Å². The van der Waals surface area contributed by atoms with Crippen LogP contribution in [0, 0.1) is 0 Å². The number of hydrogen-bond acceptors (Lipinski definition) is 6. The van der Waals surface area contributed by atoms with Gasteiger partial charge in [0.25, 0.3) is 0 Å². The number of hydrogen-bond donors (Lipinski definition) is 3. The standard InChI is InChI=1S/C30H35N5O3S/c1-21(33-30(37)29(36)31-14-13-22-20-32-26-7-4-3-6-25(22)26)28(27-8-5-19-39-27)35-17-15-34(16-18-35)23-9-11-24(38-2)12-10-23/h3-12,19-21,28,32H,13-18H2,1-2H3,(H,31,36)(H,33,37)/t21-,28+/m0/s1. The summed E-state index contributed by atoms with van der Waals surface area (Å²) >= 11 is 1.68. The van der Waals surface area contributed by atoms with Gasteiger partial charge in [-0.25, -0.2) is 0 Å². The number of para-hydroxylation sites is 1. The zero-order chi connectivity index (χ0) is 27.2. The molecule has 8 nitrogen and oxygen atoms in total. The van der Waals surface area contributed by atoms with E-state index >= 15 is 0 Å². The number of H-pyrrole nitrogens is 1. The van der Waals surface area contributed by atoms with Crippen LogP contribution in [0.15, 0.2) is 72.2 Å². The summed E-state index contributed by atoms with van der Waals surface area (Å²) in [6.07, 6.45) is 2.61. The SMILES string of the molecule is COc1ccc(N2CCN([C@@H](c3cccs3)[C@H](C)NC(=O)C(=O)NCCc3c[nH]c4ccccc34)CC2)cc1. The molecule has 1 aliphatic heterocycles. The molecule has 2 aromatic carbocycles. The molecule has 4 aromatic rings. The van der Waals surface area contributed by atoms with E-state index in [1.807, 2.05) is 49.5 Å². The Bertz CT molecular complexity index is 1380. The highest BCUT2D eigenvalue weighted by Gasteiger charge is 2.32. The van der Waals surface area contributed by atoms with Gasteiger partial charge in [0.15, 0.2) is 0 Å². The lowest BCUT2D eigenvalue weighted by atomic mass is 10.0. The molecule has 0 bridgehead atoms. The fourth-order valence-electron chi connectivity index (χ4n) is 5.33. The van der Waals surface area contributed by atoms with Gasteiger partial charge in [0.2, 0.25) is 0 Å². The van der Waals surface area contributed by atoms with Crippen LogP contribution in [0.5, 0.6) is 5.75 Å². The number of nitrogens with zero attached hydrogens (tertiary/aromatic N) is 2. The first kappa shape index (κ1) is 26.8. The second kappa shape index (κ2) is 12.4. The smallest absolute Gasteiger partial charge is 0.309 e. The first-order valence-electron chi connectivity index (χ1n) is 13.3. The molecule has 0 aliphatic carbocycles. The number of benzene rings is 2. The normalized spacial score (nSPS) is 15.6. The van der Waals surface area contributed by atoms with E-state index in [1.165, 1.54) is 10.6 Å². The monoisotopic (exact) mass is 545 g/mol. The number of carbonyl (C=O) groups is 2. The number of rotatable bonds is 9. The molecule has 5 rings (SSSR count). The number of nitrogens with one attached hydrogen (secondary N) is 3. The summed E-state index contributed by atoms with van der Waals surface area (Å²) in [5, 5.41) is 8.95. The Morgan fingerprint density at radius 2 is 1.77 bits per heavy atom. The van der Waals surface area contributed by atoms with Gasteiger partial charge in [0, 0.05) is 66.4 Å². The number of carbonyl (C=O) groups excluding carboxylic acids is 2. The number of ether oxygens (including phenoxy) is 1. The third-order valence-electron chi connectivity index (χ3n) is 7.37. The lowest BCUT2D eigenvalue weighted by Crippen LogP contribution is -2.53. The summed E-state index contributed by atoms with van der Waals surface area (Å²) in [5.41, 5.74) is 3.36. The Morgan fingerprint density at radius 1 is 1.00 bits per heavy atom. The molecule has 204 valence electrons.